The summed E-state index contributed by atoms with van der Waals surface area (Å²) in [6.45, 7) is 2.79. The van der Waals surface area contributed by atoms with E-state index in [1.165, 1.54) is 7.11 Å². The second-order valence-corrected chi connectivity index (χ2v) is 9.15. The first-order valence-electron chi connectivity index (χ1n) is 9.90. The Hall–Kier alpha value is -2.58. The number of ether oxygens (including phenoxy) is 2. The van der Waals surface area contributed by atoms with E-state index in [4.69, 9.17) is 9.47 Å². The first-order valence-corrected chi connectivity index (χ1v) is 11.4. The van der Waals surface area contributed by atoms with Crippen LogP contribution in [0.2, 0.25) is 0 Å². The van der Waals surface area contributed by atoms with Gasteiger partial charge in [0, 0.05) is 25.6 Å². The summed E-state index contributed by atoms with van der Waals surface area (Å²) in [5.74, 6) is 1.07. The van der Waals surface area contributed by atoms with Crippen LogP contribution in [0.25, 0.3) is 0 Å². The number of hydrogen-bond acceptors (Lipinski definition) is 5. The molecule has 0 saturated carbocycles. The molecule has 1 saturated heterocycles. The van der Waals surface area contributed by atoms with Crippen LogP contribution in [0.15, 0.2) is 47.4 Å². The highest BCUT2D eigenvalue weighted by molar-refractivity contribution is 7.89. The van der Waals surface area contributed by atoms with Gasteiger partial charge in [-0.05, 0) is 55.2 Å². The molecule has 0 radical (unpaired) electrons. The molecule has 0 aliphatic carbocycles. The number of amides is 1. The Labute approximate surface area is 178 Å². The van der Waals surface area contributed by atoms with E-state index in [9.17, 15) is 13.2 Å². The zero-order valence-electron chi connectivity index (χ0n) is 17.6. The summed E-state index contributed by atoms with van der Waals surface area (Å²) < 4.78 is 39.2. The maximum Gasteiger partial charge on any atom is 0.244 e. The van der Waals surface area contributed by atoms with E-state index >= 15 is 0 Å². The largest absolute Gasteiger partial charge is 0.497 e. The Bertz CT molecular complexity index is 1010. The maximum absolute atomic E-state index is 13.0. The van der Waals surface area contributed by atoms with Crippen molar-refractivity contribution in [3.8, 4) is 11.5 Å². The highest BCUT2D eigenvalue weighted by atomic mass is 32.2. The highest BCUT2D eigenvalue weighted by Crippen LogP contribution is 2.26. The molecule has 2 aromatic rings. The standard InChI is InChI=1S/C22H28N2O5S/c1-16-7-9-20(29-3)21(13-16)30(26,27)23-18-8-10-22(25)24(12-11-18)15-17-5-4-6-19(14-17)28-2/h4-7,9,13-14,18,23H,8,10-12,15H2,1-3H3. The Morgan fingerprint density at radius 1 is 1.10 bits per heavy atom. The third-order valence-corrected chi connectivity index (χ3v) is 6.79. The molecule has 1 heterocycles. The van der Waals surface area contributed by atoms with Gasteiger partial charge < -0.3 is 14.4 Å². The fraction of sp³-hybridized carbons (Fsp3) is 0.409. The van der Waals surface area contributed by atoms with Crippen molar-refractivity contribution < 1.29 is 22.7 Å². The number of rotatable bonds is 7. The normalized spacial score (nSPS) is 17.5. The number of likely N-dealkylation sites (tertiary alicyclic amines) is 1. The summed E-state index contributed by atoms with van der Waals surface area (Å²) in [5.41, 5.74) is 1.81. The van der Waals surface area contributed by atoms with Gasteiger partial charge in [-0.25, -0.2) is 13.1 Å². The minimum atomic E-state index is -3.77. The van der Waals surface area contributed by atoms with E-state index in [1.54, 1.807) is 30.2 Å². The number of methoxy groups -OCH3 is 2. The summed E-state index contributed by atoms with van der Waals surface area (Å²) in [6, 6.07) is 12.3. The van der Waals surface area contributed by atoms with Crippen LogP contribution in [0.3, 0.4) is 0 Å². The van der Waals surface area contributed by atoms with Crippen LogP contribution in [0.1, 0.15) is 30.4 Å². The number of sulfonamides is 1. The molecule has 1 unspecified atom stereocenters. The van der Waals surface area contributed by atoms with Gasteiger partial charge in [-0.3, -0.25) is 4.79 Å². The fourth-order valence-corrected chi connectivity index (χ4v) is 5.15. The zero-order chi connectivity index (χ0) is 21.7. The summed E-state index contributed by atoms with van der Waals surface area (Å²) >= 11 is 0. The highest BCUT2D eigenvalue weighted by Gasteiger charge is 2.28. The summed E-state index contributed by atoms with van der Waals surface area (Å²) in [6.07, 6.45) is 1.30. The van der Waals surface area contributed by atoms with Gasteiger partial charge in [-0.15, -0.1) is 0 Å². The Kier molecular flexibility index (Phi) is 6.99. The first kappa shape index (κ1) is 22.1. The molecular weight excluding hydrogens is 404 g/mol. The lowest BCUT2D eigenvalue weighted by Gasteiger charge is -2.21. The molecule has 8 heteroatoms. The molecule has 1 N–H and O–H groups in total. The van der Waals surface area contributed by atoms with E-state index in [2.05, 4.69) is 4.72 Å². The minimum absolute atomic E-state index is 0.0210. The third kappa shape index (κ3) is 5.31. The lowest BCUT2D eigenvalue weighted by molar-refractivity contribution is -0.131. The van der Waals surface area contributed by atoms with Crippen molar-refractivity contribution in [3.05, 3.63) is 53.6 Å². The lowest BCUT2D eigenvalue weighted by Crippen LogP contribution is -2.36. The molecule has 3 rings (SSSR count). The average Bonchev–Trinajstić information content (AvgIpc) is 2.90. The lowest BCUT2D eigenvalue weighted by atomic mass is 10.1. The van der Waals surface area contributed by atoms with Crippen LogP contribution in [-0.4, -0.2) is 46.0 Å². The van der Waals surface area contributed by atoms with E-state index in [-0.39, 0.29) is 16.8 Å². The average molecular weight is 433 g/mol. The number of benzene rings is 2. The molecule has 0 spiro atoms. The number of hydrogen-bond donors (Lipinski definition) is 1. The predicted octanol–water partition coefficient (Wildman–Crippen LogP) is 2.87. The smallest absolute Gasteiger partial charge is 0.244 e. The summed E-state index contributed by atoms with van der Waals surface area (Å²) in [7, 11) is -0.709. The molecule has 0 bridgehead atoms. The predicted molar refractivity (Wildman–Crippen MR) is 114 cm³/mol. The molecule has 1 atom stereocenters. The summed E-state index contributed by atoms with van der Waals surface area (Å²) in [5, 5.41) is 0. The third-order valence-electron chi connectivity index (χ3n) is 5.24. The number of nitrogens with zero attached hydrogens (tertiary/aromatic N) is 1. The quantitative estimate of drug-likeness (QED) is 0.727. The molecule has 2 aromatic carbocycles. The SMILES string of the molecule is COc1cccc(CN2CCC(NS(=O)(=O)c3cc(C)ccc3OC)CCC2=O)c1. The Balaban J connectivity index is 1.70. The van der Waals surface area contributed by atoms with Crippen molar-refractivity contribution in [2.45, 2.75) is 43.7 Å². The van der Waals surface area contributed by atoms with Crippen LogP contribution < -0.4 is 14.2 Å². The molecule has 1 fully saturated rings. The molecule has 162 valence electrons. The topological polar surface area (TPSA) is 84.9 Å². The number of aryl methyl sites for hydroxylation is 1. The van der Waals surface area contributed by atoms with Crippen molar-refractivity contribution in [1.82, 2.24) is 9.62 Å². The second-order valence-electron chi connectivity index (χ2n) is 7.47. The second kappa shape index (κ2) is 9.49. The molecule has 0 aromatic heterocycles. The number of carbonyl (C=O) groups excluding carboxylic acids is 1. The van der Waals surface area contributed by atoms with Gasteiger partial charge in [0.15, 0.2) is 0 Å². The first-order chi connectivity index (χ1) is 14.3. The molecule has 1 aliphatic rings. The molecule has 1 amide bonds. The van der Waals surface area contributed by atoms with Gasteiger partial charge in [-0.1, -0.05) is 18.2 Å². The molecule has 7 nitrogen and oxygen atoms in total. The maximum atomic E-state index is 13.0. The summed E-state index contributed by atoms with van der Waals surface area (Å²) in [4.78, 5) is 14.5. The Morgan fingerprint density at radius 3 is 2.63 bits per heavy atom. The fourth-order valence-electron chi connectivity index (χ4n) is 3.59. The van der Waals surface area contributed by atoms with Crippen LogP contribution in [-0.2, 0) is 21.4 Å². The Morgan fingerprint density at radius 2 is 1.90 bits per heavy atom. The number of nitrogens with one attached hydrogen (secondary N) is 1. The molecule has 30 heavy (non-hydrogen) atoms. The van der Waals surface area contributed by atoms with E-state index in [0.29, 0.717) is 38.1 Å². The minimum Gasteiger partial charge on any atom is -0.497 e. The van der Waals surface area contributed by atoms with Gasteiger partial charge in [0.2, 0.25) is 15.9 Å². The van der Waals surface area contributed by atoms with Crippen LogP contribution >= 0.6 is 0 Å². The molecule has 1 aliphatic heterocycles. The van der Waals surface area contributed by atoms with E-state index < -0.39 is 10.0 Å². The zero-order valence-corrected chi connectivity index (χ0v) is 18.4. The van der Waals surface area contributed by atoms with Gasteiger partial charge in [0.25, 0.3) is 0 Å². The van der Waals surface area contributed by atoms with Crippen molar-refractivity contribution in [3.63, 3.8) is 0 Å². The van der Waals surface area contributed by atoms with Gasteiger partial charge in [0.05, 0.1) is 14.2 Å². The van der Waals surface area contributed by atoms with Gasteiger partial charge >= 0.3 is 0 Å². The van der Waals surface area contributed by atoms with Crippen molar-refractivity contribution in [1.29, 1.82) is 0 Å². The van der Waals surface area contributed by atoms with Crippen molar-refractivity contribution in [2.75, 3.05) is 20.8 Å². The van der Waals surface area contributed by atoms with Crippen molar-refractivity contribution >= 4 is 15.9 Å². The van der Waals surface area contributed by atoms with E-state index in [0.717, 1.165) is 16.9 Å². The van der Waals surface area contributed by atoms with Crippen LogP contribution in [0.5, 0.6) is 11.5 Å². The molecular formula is C22H28N2O5S. The monoisotopic (exact) mass is 432 g/mol. The van der Waals surface area contributed by atoms with Gasteiger partial charge in [-0.2, -0.15) is 0 Å². The van der Waals surface area contributed by atoms with Crippen molar-refractivity contribution in [2.24, 2.45) is 0 Å². The number of carbonyl (C=O) groups is 1. The van der Waals surface area contributed by atoms with Gasteiger partial charge in [0.1, 0.15) is 16.4 Å². The van der Waals surface area contributed by atoms with Crippen LogP contribution in [0, 0.1) is 6.92 Å². The van der Waals surface area contributed by atoms with Crippen LogP contribution in [0.4, 0.5) is 0 Å². The van der Waals surface area contributed by atoms with E-state index in [1.807, 2.05) is 31.2 Å².